The third kappa shape index (κ3) is 3.79. The zero-order valence-electron chi connectivity index (χ0n) is 8.93. The molecule has 0 aliphatic heterocycles. The fraction of sp³-hybridized carbons (Fsp3) is 0.273. The molecule has 1 rings (SSSR count). The van der Waals surface area contributed by atoms with E-state index in [4.69, 9.17) is 0 Å². The summed E-state index contributed by atoms with van der Waals surface area (Å²) in [5.74, 6) is 4.67. The van der Waals surface area contributed by atoms with E-state index in [9.17, 15) is 18.0 Å². The fourth-order valence-electron chi connectivity index (χ4n) is 1.01. The van der Waals surface area contributed by atoms with Crippen molar-refractivity contribution in [2.75, 3.05) is 6.54 Å². The summed E-state index contributed by atoms with van der Waals surface area (Å²) in [6.45, 7) is 1.77. The predicted molar refractivity (Wildman–Crippen MR) is 55.0 cm³/mol. The Labute approximate surface area is 96.0 Å². The molecular weight excluding hydrogens is 233 g/mol. The SMILES string of the molecule is CC#CCNC(=O)c1ccc(C(F)(F)F)nc1. The summed E-state index contributed by atoms with van der Waals surface area (Å²) in [4.78, 5) is 14.6. The number of pyridine rings is 1. The molecule has 0 fully saturated rings. The normalized spacial score (nSPS) is 10.4. The van der Waals surface area contributed by atoms with Crippen LogP contribution in [0.1, 0.15) is 23.0 Å². The summed E-state index contributed by atoms with van der Waals surface area (Å²) in [7, 11) is 0. The van der Waals surface area contributed by atoms with Gasteiger partial charge in [-0.3, -0.25) is 9.78 Å². The van der Waals surface area contributed by atoms with Gasteiger partial charge in [0.2, 0.25) is 0 Å². The summed E-state index contributed by atoms with van der Waals surface area (Å²) in [6, 6.07) is 1.84. The molecule has 1 aromatic rings. The van der Waals surface area contributed by atoms with Gasteiger partial charge in [0, 0.05) is 6.20 Å². The largest absolute Gasteiger partial charge is 0.433 e. The minimum Gasteiger partial charge on any atom is -0.341 e. The Morgan fingerprint density at radius 2 is 2.18 bits per heavy atom. The fourth-order valence-corrected chi connectivity index (χ4v) is 1.01. The van der Waals surface area contributed by atoms with Crippen LogP contribution in [0.2, 0.25) is 0 Å². The van der Waals surface area contributed by atoms with Crippen LogP contribution in [-0.4, -0.2) is 17.4 Å². The van der Waals surface area contributed by atoms with E-state index in [0.29, 0.717) is 0 Å². The zero-order valence-corrected chi connectivity index (χ0v) is 8.93. The molecule has 0 saturated carbocycles. The number of carbonyl (C=O) groups is 1. The molecule has 90 valence electrons. The second-order valence-electron chi connectivity index (χ2n) is 3.04. The Bertz CT molecular complexity index is 454. The quantitative estimate of drug-likeness (QED) is 0.804. The average Bonchev–Trinajstić information content (AvgIpc) is 2.28. The standard InChI is InChI=1S/C11H9F3N2O/c1-2-3-6-15-10(17)8-4-5-9(16-7-8)11(12,13)14/h4-5,7H,6H2,1H3,(H,15,17). The Kier molecular flexibility index (Phi) is 4.10. The van der Waals surface area contributed by atoms with Crippen LogP contribution in [0.3, 0.4) is 0 Å². The number of nitrogens with one attached hydrogen (secondary N) is 1. The van der Waals surface area contributed by atoms with E-state index in [0.717, 1.165) is 18.3 Å². The number of aromatic nitrogens is 1. The Morgan fingerprint density at radius 1 is 1.47 bits per heavy atom. The molecule has 1 heterocycles. The van der Waals surface area contributed by atoms with E-state index in [1.165, 1.54) is 0 Å². The van der Waals surface area contributed by atoms with E-state index in [-0.39, 0.29) is 12.1 Å². The van der Waals surface area contributed by atoms with Crippen LogP contribution < -0.4 is 5.32 Å². The third-order valence-electron chi connectivity index (χ3n) is 1.83. The lowest BCUT2D eigenvalue weighted by atomic mass is 10.2. The topological polar surface area (TPSA) is 42.0 Å². The maximum atomic E-state index is 12.2. The van der Waals surface area contributed by atoms with Crippen LogP contribution in [0.15, 0.2) is 18.3 Å². The number of hydrogen-bond acceptors (Lipinski definition) is 2. The number of rotatable bonds is 2. The van der Waals surface area contributed by atoms with Gasteiger partial charge in [0.05, 0.1) is 12.1 Å². The highest BCUT2D eigenvalue weighted by atomic mass is 19.4. The summed E-state index contributed by atoms with van der Waals surface area (Å²) in [5, 5.41) is 2.42. The second kappa shape index (κ2) is 5.34. The molecule has 1 aromatic heterocycles. The van der Waals surface area contributed by atoms with Gasteiger partial charge in [0.25, 0.3) is 5.91 Å². The van der Waals surface area contributed by atoms with E-state index in [2.05, 4.69) is 22.1 Å². The average molecular weight is 242 g/mol. The Balaban J connectivity index is 2.73. The van der Waals surface area contributed by atoms with Crippen LogP contribution in [0, 0.1) is 11.8 Å². The number of hydrogen-bond donors (Lipinski definition) is 1. The first kappa shape index (κ1) is 13.0. The van der Waals surface area contributed by atoms with E-state index in [1.54, 1.807) is 6.92 Å². The first-order valence-electron chi connectivity index (χ1n) is 4.66. The van der Waals surface area contributed by atoms with Crippen molar-refractivity contribution in [2.45, 2.75) is 13.1 Å². The second-order valence-corrected chi connectivity index (χ2v) is 3.04. The van der Waals surface area contributed by atoms with Crippen molar-refractivity contribution in [3.8, 4) is 11.8 Å². The lowest BCUT2D eigenvalue weighted by molar-refractivity contribution is -0.141. The number of halogens is 3. The lowest BCUT2D eigenvalue weighted by Crippen LogP contribution is -2.24. The summed E-state index contributed by atoms with van der Waals surface area (Å²) in [5.41, 5.74) is -0.960. The number of amides is 1. The Hall–Kier alpha value is -2.03. The molecule has 6 heteroatoms. The van der Waals surface area contributed by atoms with Gasteiger partial charge < -0.3 is 5.32 Å². The summed E-state index contributed by atoms with van der Waals surface area (Å²) < 4.78 is 36.6. The number of carbonyl (C=O) groups excluding carboxylic acids is 1. The zero-order chi connectivity index (χ0) is 12.9. The van der Waals surface area contributed by atoms with Gasteiger partial charge in [0.15, 0.2) is 0 Å². The van der Waals surface area contributed by atoms with E-state index < -0.39 is 17.8 Å². The number of nitrogens with zero attached hydrogens (tertiary/aromatic N) is 1. The van der Waals surface area contributed by atoms with Crippen LogP contribution in [0.5, 0.6) is 0 Å². The molecule has 0 aromatic carbocycles. The maximum absolute atomic E-state index is 12.2. The van der Waals surface area contributed by atoms with Crippen molar-refractivity contribution in [3.05, 3.63) is 29.6 Å². The molecule has 0 spiro atoms. The van der Waals surface area contributed by atoms with Crippen molar-refractivity contribution in [1.82, 2.24) is 10.3 Å². The summed E-state index contributed by atoms with van der Waals surface area (Å²) in [6.07, 6.45) is -3.61. The van der Waals surface area contributed by atoms with Gasteiger partial charge in [-0.25, -0.2) is 0 Å². The van der Waals surface area contributed by atoms with Crippen LogP contribution >= 0.6 is 0 Å². The van der Waals surface area contributed by atoms with Crippen molar-refractivity contribution >= 4 is 5.91 Å². The van der Waals surface area contributed by atoms with Crippen molar-refractivity contribution in [2.24, 2.45) is 0 Å². The van der Waals surface area contributed by atoms with Gasteiger partial charge in [-0.1, -0.05) is 5.92 Å². The van der Waals surface area contributed by atoms with Crippen LogP contribution in [0.4, 0.5) is 13.2 Å². The van der Waals surface area contributed by atoms with E-state index in [1.807, 2.05) is 0 Å². The third-order valence-corrected chi connectivity index (χ3v) is 1.83. The molecule has 0 aliphatic rings. The van der Waals surface area contributed by atoms with Gasteiger partial charge >= 0.3 is 6.18 Å². The van der Waals surface area contributed by atoms with Crippen molar-refractivity contribution in [3.63, 3.8) is 0 Å². The minimum atomic E-state index is -4.50. The molecule has 0 aliphatic carbocycles. The predicted octanol–water partition coefficient (Wildman–Crippen LogP) is 1.85. The van der Waals surface area contributed by atoms with Gasteiger partial charge in [-0.15, -0.1) is 5.92 Å². The molecular formula is C11H9F3N2O. The lowest BCUT2D eigenvalue weighted by Gasteiger charge is -2.06. The highest BCUT2D eigenvalue weighted by molar-refractivity contribution is 5.93. The van der Waals surface area contributed by atoms with Crippen LogP contribution in [-0.2, 0) is 6.18 Å². The van der Waals surface area contributed by atoms with Gasteiger partial charge in [0.1, 0.15) is 5.69 Å². The van der Waals surface area contributed by atoms with Gasteiger partial charge in [-0.2, -0.15) is 13.2 Å². The highest BCUT2D eigenvalue weighted by Gasteiger charge is 2.32. The molecule has 0 saturated heterocycles. The highest BCUT2D eigenvalue weighted by Crippen LogP contribution is 2.27. The molecule has 1 amide bonds. The molecule has 0 radical (unpaired) electrons. The van der Waals surface area contributed by atoms with Gasteiger partial charge in [-0.05, 0) is 19.1 Å². The maximum Gasteiger partial charge on any atom is 0.433 e. The van der Waals surface area contributed by atoms with Crippen molar-refractivity contribution < 1.29 is 18.0 Å². The first-order valence-corrected chi connectivity index (χ1v) is 4.66. The van der Waals surface area contributed by atoms with Crippen LogP contribution in [0.25, 0.3) is 0 Å². The molecule has 3 nitrogen and oxygen atoms in total. The molecule has 0 bridgehead atoms. The van der Waals surface area contributed by atoms with Crippen molar-refractivity contribution in [1.29, 1.82) is 0 Å². The molecule has 17 heavy (non-hydrogen) atoms. The Morgan fingerprint density at radius 3 is 2.65 bits per heavy atom. The van der Waals surface area contributed by atoms with E-state index >= 15 is 0 Å². The molecule has 0 unspecified atom stereocenters. The number of alkyl halides is 3. The smallest absolute Gasteiger partial charge is 0.341 e. The molecule has 1 N–H and O–H groups in total. The minimum absolute atomic E-state index is 0.0657. The first-order chi connectivity index (χ1) is 7.95. The monoisotopic (exact) mass is 242 g/mol. The summed E-state index contributed by atoms with van der Waals surface area (Å²) >= 11 is 0. The molecule has 0 atom stereocenters.